The molecule has 0 saturated heterocycles. The van der Waals surface area contributed by atoms with E-state index in [1.54, 1.807) is 10.7 Å². The lowest BCUT2D eigenvalue weighted by molar-refractivity contribution is -0.120. The highest BCUT2D eigenvalue weighted by molar-refractivity contribution is 6.42. The molecule has 0 fully saturated rings. The Morgan fingerprint density at radius 3 is 2.62 bits per heavy atom. The summed E-state index contributed by atoms with van der Waals surface area (Å²) < 4.78 is 1.76. The molecule has 7 heteroatoms. The number of rotatable bonds is 5. The molecule has 0 aliphatic heterocycles. The monoisotopic (exact) mass is 368 g/mol. The molecule has 1 amide bonds. The standard InChI is InChI=1S/C17H22Cl2N4O/c1-10-16(11(2)23(5)21-10)20-17(24)12(3)22(4)9-13-7-6-8-14(18)15(13)19/h6-8,12H,9H2,1-5H3,(H,20,24)/t12-/m0/s1. The Kier molecular flexibility index (Phi) is 5.91. The second kappa shape index (κ2) is 7.55. The van der Waals surface area contributed by atoms with Crippen molar-refractivity contribution in [3.05, 3.63) is 45.2 Å². The fraction of sp³-hybridized carbons (Fsp3) is 0.412. The predicted molar refractivity (Wildman–Crippen MR) is 98.7 cm³/mol. The third-order valence-electron chi connectivity index (χ3n) is 4.25. The summed E-state index contributed by atoms with van der Waals surface area (Å²) in [5.41, 5.74) is 3.38. The molecule has 2 aromatic rings. The van der Waals surface area contributed by atoms with Crippen LogP contribution >= 0.6 is 23.2 Å². The maximum absolute atomic E-state index is 12.6. The molecule has 5 nitrogen and oxygen atoms in total. The van der Waals surface area contributed by atoms with Crippen LogP contribution in [0.1, 0.15) is 23.9 Å². The molecule has 1 aromatic heterocycles. The molecule has 0 radical (unpaired) electrons. The minimum atomic E-state index is -0.334. The van der Waals surface area contributed by atoms with Gasteiger partial charge in [0.15, 0.2) is 0 Å². The average Bonchev–Trinajstić information content (AvgIpc) is 2.77. The van der Waals surface area contributed by atoms with Gasteiger partial charge in [-0.2, -0.15) is 5.10 Å². The second-order valence-electron chi connectivity index (χ2n) is 5.96. The Hall–Kier alpha value is -1.56. The van der Waals surface area contributed by atoms with Gasteiger partial charge >= 0.3 is 0 Å². The first-order valence-corrected chi connectivity index (χ1v) is 8.42. The van der Waals surface area contributed by atoms with Crippen LogP contribution in [-0.2, 0) is 18.4 Å². The first kappa shape index (κ1) is 18.8. The average molecular weight is 369 g/mol. The van der Waals surface area contributed by atoms with Gasteiger partial charge in [0.1, 0.15) is 0 Å². The quantitative estimate of drug-likeness (QED) is 0.872. The minimum Gasteiger partial charge on any atom is -0.322 e. The zero-order chi connectivity index (χ0) is 18.0. The molecule has 1 aromatic carbocycles. The van der Waals surface area contributed by atoms with Gasteiger partial charge in [-0.1, -0.05) is 35.3 Å². The van der Waals surface area contributed by atoms with Crippen LogP contribution in [0.2, 0.25) is 10.0 Å². The fourth-order valence-corrected chi connectivity index (χ4v) is 2.84. The van der Waals surface area contributed by atoms with Crippen LogP contribution in [0.3, 0.4) is 0 Å². The van der Waals surface area contributed by atoms with E-state index in [4.69, 9.17) is 23.2 Å². The Bertz CT molecular complexity index is 757. The number of aryl methyl sites for hydroxylation is 2. The first-order valence-electron chi connectivity index (χ1n) is 7.66. The number of amides is 1. The van der Waals surface area contributed by atoms with Crippen molar-refractivity contribution in [1.82, 2.24) is 14.7 Å². The van der Waals surface area contributed by atoms with E-state index in [2.05, 4.69) is 10.4 Å². The van der Waals surface area contributed by atoms with E-state index >= 15 is 0 Å². The van der Waals surface area contributed by atoms with Gasteiger partial charge in [-0.05, 0) is 39.4 Å². The number of halogens is 2. The number of benzene rings is 1. The topological polar surface area (TPSA) is 50.2 Å². The van der Waals surface area contributed by atoms with E-state index in [0.717, 1.165) is 22.6 Å². The van der Waals surface area contributed by atoms with E-state index in [1.807, 2.05) is 51.9 Å². The number of likely N-dealkylation sites (N-methyl/N-ethyl adjacent to an activating group) is 1. The van der Waals surface area contributed by atoms with Crippen LogP contribution in [0.15, 0.2) is 18.2 Å². The number of carbonyl (C=O) groups is 1. The number of aromatic nitrogens is 2. The molecule has 0 spiro atoms. The van der Waals surface area contributed by atoms with Crippen LogP contribution in [-0.4, -0.2) is 33.7 Å². The number of anilines is 1. The fourth-order valence-electron chi connectivity index (χ4n) is 2.46. The maximum atomic E-state index is 12.6. The van der Waals surface area contributed by atoms with Crippen molar-refractivity contribution >= 4 is 34.8 Å². The molecule has 0 aliphatic carbocycles. The first-order chi connectivity index (χ1) is 11.2. The molecule has 24 heavy (non-hydrogen) atoms. The molecule has 0 saturated carbocycles. The maximum Gasteiger partial charge on any atom is 0.241 e. The van der Waals surface area contributed by atoms with Crippen LogP contribution in [0.4, 0.5) is 5.69 Å². The van der Waals surface area contributed by atoms with E-state index < -0.39 is 0 Å². The molecule has 0 aliphatic rings. The van der Waals surface area contributed by atoms with Gasteiger partial charge in [0.05, 0.1) is 33.2 Å². The highest BCUT2D eigenvalue weighted by Gasteiger charge is 2.21. The second-order valence-corrected chi connectivity index (χ2v) is 6.75. The molecule has 1 atom stereocenters. The lowest BCUT2D eigenvalue weighted by Gasteiger charge is -2.24. The third kappa shape index (κ3) is 3.91. The van der Waals surface area contributed by atoms with Crippen LogP contribution in [0, 0.1) is 13.8 Å². The summed E-state index contributed by atoms with van der Waals surface area (Å²) in [6, 6.07) is 5.17. The molecule has 1 heterocycles. The van der Waals surface area contributed by atoms with Crippen LogP contribution < -0.4 is 5.32 Å². The van der Waals surface area contributed by atoms with E-state index in [0.29, 0.717) is 16.6 Å². The summed E-state index contributed by atoms with van der Waals surface area (Å²) in [6.07, 6.45) is 0. The SMILES string of the molecule is Cc1nn(C)c(C)c1NC(=O)[C@H](C)N(C)Cc1cccc(Cl)c1Cl. The van der Waals surface area contributed by atoms with Crippen LogP contribution in [0.25, 0.3) is 0 Å². The Morgan fingerprint density at radius 2 is 2.04 bits per heavy atom. The molecule has 2 rings (SSSR count). The summed E-state index contributed by atoms with van der Waals surface area (Å²) >= 11 is 12.3. The van der Waals surface area contributed by atoms with Crippen molar-refractivity contribution in [3.8, 4) is 0 Å². The zero-order valence-electron chi connectivity index (χ0n) is 14.5. The summed E-state index contributed by atoms with van der Waals surface area (Å²) in [6.45, 7) is 6.19. The molecular formula is C17H22Cl2N4O. The molecule has 0 bridgehead atoms. The zero-order valence-corrected chi connectivity index (χ0v) is 16.0. The summed E-state index contributed by atoms with van der Waals surface area (Å²) in [4.78, 5) is 14.5. The summed E-state index contributed by atoms with van der Waals surface area (Å²) in [7, 11) is 3.74. The number of hydrogen-bond acceptors (Lipinski definition) is 3. The van der Waals surface area contributed by atoms with Crippen molar-refractivity contribution in [3.63, 3.8) is 0 Å². The molecule has 0 unspecified atom stereocenters. The Labute approximate surface area is 152 Å². The van der Waals surface area contributed by atoms with E-state index in [-0.39, 0.29) is 11.9 Å². The minimum absolute atomic E-state index is 0.0881. The lowest BCUT2D eigenvalue weighted by Crippen LogP contribution is -2.39. The van der Waals surface area contributed by atoms with Gasteiger partial charge in [-0.3, -0.25) is 14.4 Å². The lowest BCUT2D eigenvalue weighted by atomic mass is 10.1. The summed E-state index contributed by atoms with van der Waals surface area (Å²) in [5, 5.41) is 8.32. The van der Waals surface area contributed by atoms with Gasteiger partial charge in [0, 0.05) is 13.6 Å². The van der Waals surface area contributed by atoms with Gasteiger partial charge in [0.2, 0.25) is 5.91 Å². The van der Waals surface area contributed by atoms with E-state index in [9.17, 15) is 4.79 Å². The Balaban J connectivity index is 2.08. The van der Waals surface area contributed by atoms with Crippen molar-refractivity contribution < 1.29 is 4.79 Å². The van der Waals surface area contributed by atoms with Crippen LogP contribution in [0.5, 0.6) is 0 Å². The summed E-state index contributed by atoms with van der Waals surface area (Å²) in [5.74, 6) is -0.0881. The number of nitrogens with zero attached hydrogens (tertiary/aromatic N) is 3. The molecular weight excluding hydrogens is 347 g/mol. The molecule has 1 N–H and O–H groups in total. The molecule has 130 valence electrons. The highest BCUT2D eigenvalue weighted by Crippen LogP contribution is 2.27. The number of nitrogens with one attached hydrogen (secondary N) is 1. The van der Waals surface area contributed by atoms with Gasteiger partial charge in [-0.15, -0.1) is 0 Å². The van der Waals surface area contributed by atoms with Crippen molar-refractivity contribution in [2.75, 3.05) is 12.4 Å². The predicted octanol–water partition coefficient (Wildman–Crippen LogP) is 3.80. The van der Waals surface area contributed by atoms with Crippen molar-refractivity contribution in [2.24, 2.45) is 7.05 Å². The van der Waals surface area contributed by atoms with E-state index in [1.165, 1.54) is 0 Å². The smallest absolute Gasteiger partial charge is 0.241 e. The van der Waals surface area contributed by atoms with Crippen molar-refractivity contribution in [1.29, 1.82) is 0 Å². The van der Waals surface area contributed by atoms with Crippen molar-refractivity contribution in [2.45, 2.75) is 33.4 Å². The Morgan fingerprint density at radius 1 is 1.38 bits per heavy atom. The third-order valence-corrected chi connectivity index (χ3v) is 5.11. The largest absolute Gasteiger partial charge is 0.322 e. The van der Waals surface area contributed by atoms with Gasteiger partial charge < -0.3 is 5.32 Å². The highest BCUT2D eigenvalue weighted by atomic mass is 35.5. The number of hydrogen-bond donors (Lipinski definition) is 1. The van der Waals surface area contributed by atoms with Gasteiger partial charge in [-0.25, -0.2) is 0 Å². The number of carbonyl (C=O) groups excluding carboxylic acids is 1. The van der Waals surface area contributed by atoms with Gasteiger partial charge in [0.25, 0.3) is 0 Å². The normalized spacial score (nSPS) is 12.5.